The van der Waals surface area contributed by atoms with Gasteiger partial charge in [0.25, 0.3) is 0 Å². The zero-order valence-corrected chi connectivity index (χ0v) is 30.4. The third-order valence-corrected chi connectivity index (χ3v) is 8.94. The van der Waals surface area contributed by atoms with Crippen molar-refractivity contribution in [2.75, 3.05) is 19.8 Å². The number of amides is 1. The molecule has 46 heavy (non-hydrogen) atoms. The summed E-state index contributed by atoms with van der Waals surface area (Å²) in [4.78, 5) is 22.5. The molecule has 9 heteroatoms. The fourth-order valence-electron chi connectivity index (χ4n) is 5.10. The molecule has 0 aliphatic heterocycles. The molecular formula is C37H71N2O6P. The molecule has 0 heterocycles. The number of nitrogens with one attached hydrogen (secondary N) is 1. The third kappa shape index (κ3) is 31.3. The standard InChI is InChI=1S/C37H71N2O6P/c1-3-5-7-9-11-13-15-16-17-18-19-20-21-23-25-27-29-31-37(41)39-35(34-45-46(42,43)44-33-32-38)36(40)30-28-26-24-22-14-12-10-8-6-4-2/h11,13,16-17,28,30,35-36,40H,3-10,12,14-15,18-27,29,31-34,38H2,1-2H3,(H,39,41)(H,42,43)/b13-11-,17-16-,30-28+. The maximum Gasteiger partial charge on any atom is 0.472 e. The second-order valence-corrected chi connectivity index (χ2v) is 13.9. The summed E-state index contributed by atoms with van der Waals surface area (Å²) < 4.78 is 22.0. The second-order valence-electron chi connectivity index (χ2n) is 12.4. The molecule has 270 valence electrons. The van der Waals surface area contributed by atoms with Gasteiger partial charge in [-0.1, -0.05) is 140 Å². The highest BCUT2D eigenvalue weighted by molar-refractivity contribution is 7.47. The summed E-state index contributed by atoms with van der Waals surface area (Å²) in [6.45, 7) is 4.06. The van der Waals surface area contributed by atoms with Crippen molar-refractivity contribution in [2.45, 2.75) is 174 Å². The summed E-state index contributed by atoms with van der Waals surface area (Å²) in [5.41, 5.74) is 5.34. The zero-order valence-electron chi connectivity index (χ0n) is 29.6. The van der Waals surface area contributed by atoms with Crippen LogP contribution in [-0.4, -0.2) is 47.8 Å². The zero-order chi connectivity index (χ0) is 34.0. The van der Waals surface area contributed by atoms with Gasteiger partial charge in [0.05, 0.1) is 25.4 Å². The molecule has 0 aromatic rings. The molecule has 1 amide bonds. The van der Waals surface area contributed by atoms with Gasteiger partial charge < -0.3 is 21.1 Å². The molecule has 0 aliphatic rings. The average Bonchev–Trinajstić information content (AvgIpc) is 3.04. The highest BCUT2D eigenvalue weighted by Crippen LogP contribution is 2.43. The molecule has 0 aromatic carbocycles. The van der Waals surface area contributed by atoms with Crippen LogP contribution in [-0.2, 0) is 18.4 Å². The lowest BCUT2D eigenvalue weighted by molar-refractivity contribution is -0.123. The van der Waals surface area contributed by atoms with E-state index in [1.807, 2.05) is 6.08 Å². The molecule has 3 unspecified atom stereocenters. The Balaban J connectivity index is 4.29. The maximum absolute atomic E-state index is 12.7. The number of hydrogen-bond acceptors (Lipinski definition) is 6. The van der Waals surface area contributed by atoms with Gasteiger partial charge >= 0.3 is 7.82 Å². The van der Waals surface area contributed by atoms with Gasteiger partial charge in [0.1, 0.15) is 0 Å². The van der Waals surface area contributed by atoms with Crippen molar-refractivity contribution in [3.8, 4) is 0 Å². The van der Waals surface area contributed by atoms with Gasteiger partial charge in [0.15, 0.2) is 0 Å². The number of aliphatic hydroxyl groups excluding tert-OH is 1. The van der Waals surface area contributed by atoms with Crippen molar-refractivity contribution >= 4 is 13.7 Å². The first-order valence-electron chi connectivity index (χ1n) is 18.6. The van der Waals surface area contributed by atoms with E-state index in [2.05, 4.69) is 43.5 Å². The molecule has 0 fully saturated rings. The number of phosphoric acid groups is 1. The van der Waals surface area contributed by atoms with E-state index < -0.39 is 20.0 Å². The lowest BCUT2D eigenvalue weighted by Gasteiger charge is -2.23. The van der Waals surface area contributed by atoms with Crippen molar-refractivity contribution in [3.63, 3.8) is 0 Å². The molecule has 0 aliphatic carbocycles. The monoisotopic (exact) mass is 671 g/mol. The summed E-state index contributed by atoms with van der Waals surface area (Å²) in [5.74, 6) is -0.206. The highest BCUT2D eigenvalue weighted by atomic mass is 31.2. The summed E-state index contributed by atoms with van der Waals surface area (Å²) in [6.07, 6.45) is 37.6. The van der Waals surface area contributed by atoms with Crippen LogP contribution < -0.4 is 11.1 Å². The molecule has 0 bridgehead atoms. The van der Waals surface area contributed by atoms with E-state index in [1.54, 1.807) is 6.08 Å². The Morgan fingerprint density at radius 3 is 1.76 bits per heavy atom. The number of allylic oxidation sites excluding steroid dienone is 5. The predicted octanol–water partition coefficient (Wildman–Crippen LogP) is 9.61. The molecule has 0 radical (unpaired) electrons. The molecule has 0 rings (SSSR count). The molecule has 0 aromatic heterocycles. The molecule has 0 spiro atoms. The van der Waals surface area contributed by atoms with Crippen molar-refractivity contribution in [2.24, 2.45) is 5.73 Å². The van der Waals surface area contributed by atoms with Crippen LogP contribution in [0.25, 0.3) is 0 Å². The number of unbranched alkanes of at least 4 members (excludes halogenated alkanes) is 18. The van der Waals surface area contributed by atoms with E-state index in [9.17, 15) is 19.4 Å². The number of rotatable bonds is 34. The third-order valence-electron chi connectivity index (χ3n) is 7.96. The van der Waals surface area contributed by atoms with Gasteiger partial charge in [-0.15, -0.1) is 0 Å². The van der Waals surface area contributed by atoms with Crippen LogP contribution in [0.4, 0.5) is 0 Å². The van der Waals surface area contributed by atoms with Crippen molar-refractivity contribution in [3.05, 3.63) is 36.5 Å². The quantitative estimate of drug-likeness (QED) is 0.0305. The number of phosphoric ester groups is 1. The SMILES string of the molecule is CCCCC/C=C\C/C=C\CCCCCCCCCC(=O)NC(COP(=O)(O)OCCN)C(O)/C=C/CCCCCCCCCC. The van der Waals surface area contributed by atoms with Crippen LogP contribution in [0.15, 0.2) is 36.5 Å². The summed E-state index contributed by atoms with van der Waals surface area (Å²) >= 11 is 0. The Bertz CT molecular complexity index is 820. The fourth-order valence-corrected chi connectivity index (χ4v) is 5.86. The largest absolute Gasteiger partial charge is 0.472 e. The topological polar surface area (TPSA) is 131 Å². The van der Waals surface area contributed by atoms with Gasteiger partial charge in [-0.3, -0.25) is 13.8 Å². The second kappa shape index (κ2) is 33.6. The number of carbonyl (C=O) groups is 1. The minimum atomic E-state index is -4.33. The first-order chi connectivity index (χ1) is 22.4. The fraction of sp³-hybridized carbons (Fsp3) is 0.811. The number of aliphatic hydroxyl groups is 1. The van der Waals surface area contributed by atoms with Crippen molar-refractivity contribution < 1.29 is 28.4 Å². The summed E-state index contributed by atoms with van der Waals surface area (Å²) in [5, 5.41) is 13.6. The normalized spacial score (nSPS) is 14.8. The van der Waals surface area contributed by atoms with E-state index in [0.29, 0.717) is 6.42 Å². The Hall–Kier alpha value is -1.28. The first kappa shape index (κ1) is 44.7. The van der Waals surface area contributed by atoms with Crippen molar-refractivity contribution in [1.29, 1.82) is 0 Å². The highest BCUT2D eigenvalue weighted by Gasteiger charge is 2.26. The number of carbonyl (C=O) groups excluding carboxylic acids is 1. The lowest BCUT2D eigenvalue weighted by atomic mass is 10.1. The van der Waals surface area contributed by atoms with Gasteiger partial charge in [-0.05, 0) is 51.4 Å². The Labute approximate surface area is 282 Å². The van der Waals surface area contributed by atoms with E-state index in [1.165, 1.54) is 89.9 Å². The Morgan fingerprint density at radius 1 is 0.717 bits per heavy atom. The number of nitrogens with two attached hydrogens (primary N) is 1. The lowest BCUT2D eigenvalue weighted by Crippen LogP contribution is -2.45. The average molecular weight is 671 g/mol. The van der Waals surface area contributed by atoms with E-state index in [-0.39, 0.29) is 25.7 Å². The van der Waals surface area contributed by atoms with E-state index in [4.69, 9.17) is 14.8 Å². The Morgan fingerprint density at radius 2 is 1.20 bits per heavy atom. The van der Waals surface area contributed by atoms with Crippen LogP contribution in [0.1, 0.15) is 162 Å². The van der Waals surface area contributed by atoms with Gasteiger partial charge in [0.2, 0.25) is 5.91 Å². The smallest absolute Gasteiger partial charge is 0.387 e. The van der Waals surface area contributed by atoms with Crippen LogP contribution in [0.2, 0.25) is 0 Å². The summed E-state index contributed by atoms with van der Waals surface area (Å²) in [6, 6.07) is -0.861. The molecule has 8 nitrogen and oxygen atoms in total. The van der Waals surface area contributed by atoms with Gasteiger partial charge in [-0.25, -0.2) is 4.57 Å². The van der Waals surface area contributed by atoms with E-state index in [0.717, 1.165) is 51.4 Å². The molecule has 0 saturated carbocycles. The van der Waals surface area contributed by atoms with Crippen LogP contribution >= 0.6 is 7.82 Å². The van der Waals surface area contributed by atoms with Crippen LogP contribution in [0.3, 0.4) is 0 Å². The van der Waals surface area contributed by atoms with E-state index >= 15 is 0 Å². The summed E-state index contributed by atoms with van der Waals surface area (Å²) in [7, 11) is -4.33. The maximum atomic E-state index is 12.7. The van der Waals surface area contributed by atoms with Crippen molar-refractivity contribution in [1.82, 2.24) is 5.32 Å². The molecule has 0 saturated heterocycles. The van der Waals surface area contributed by atoms with Crippen LogP contribution in [0, 0.1) is 0 Å². The minimum Gasteiger partial charge on any atom is -0.387 e. The number of hydrogen-bond donors (Lipinski definition) is 4. The molecule has 3 atom stereocenters. The molecular weight excluding hydrogens is 599 g/mol. The Kier molecular flexibility index (Phi) is 32.7. The van der Waals surface area contributed by atoms with Gasteiger partial charge in [0, 0.05) is 13.0 Å². The predicted molar refractivity (Wildman–Crippen MR) is 194 cm³/mol. The first-order valence-corrected chi connectivity index (χ1v) is 20.1. The molecule has 5 N–H and O–H groups in total. The van der Waals surface area contributed by atoms with Crippen LogP contribution in [0.5, 0.6) is 0 Å². The minimum absolute atomic E-state index is 0.0763. The van der Waals surface area contributed by atoms with Gasteiger partial charge in [-0.2, -0.15) is 0 Å².